The molecule has 1 aromatic carbocycles. The van der Waals surface area contributed by atoms with Crippen LogP contribution in [-0.4, -0.2) is 43.4 Å². The summed E-state index contributed by atoms with van der Waals surface area (Å²) in [6.45, 7) is 6.83. The van der Waals surface area contributed by atoms with Crippen molar-refractivity contribution in [3.05, 3.63) is 29.8 Å². The molecule has 1 aromatic rings. The monoisotopic (exact) mass is 278 g/mol. The molecule has 0 amide bonds. The third-order valence-corrected chi connectivity index (χ3v) is 5.01. The largest absolute Gasteiger partial charge is 0.311 e. The maximum Gasteiger partial charge on any atom is 0.0260 e. The van der Waals surface area contributed by atoms with Crippen molar-refractivity contribution >= 4 is 11.8 Å². The van der Waals surface area contributed by atoms with E-state index in [1.807, 2.05) is 11.8 Å². The van der Waals surface area contributed by atoms with E-state index < -0.39 is 0 Å². The van der Waals surface area contributed by atoms with Crippen LogP contribution in [0.25, 0.3) is 0 Å². The van der Waals surface area contributed by atoms with Crippen molar-refractivity contribution in [2.45, 2.75) is 36.5 Å². The molecule has 2 rings (SSSR count). The third kappa shape index (κ3) is 4.23. The lowest BCUT2D eigenvalue weighted by atomic mass is 10.0. The normalized spacial score (nSPS) is 20.0. The number of nitrogens with one attached hydrogen (secondary N) is 1. The molecule has 0 saturated carbocycles. The van der Waals surface area contributed by atoms with Gasteiger partial charge >= 0.3 is 0 Å². The van der Waals surface area contributed by atoms with Gasteiger partial charge in [0, 0.05) is 29.3 Å². The predicted molar refractivity (Wildman–Crippen MR) is 85.0 cm³/mol. The summed E-state index contributed by atoms with van der Waals surface area (Å²) in [5, 5.41) is 4.46. The zero-order chi connectivity index (χ0) is 13.8. The van der Waals surface area contributed by atoms with Crippen LogP contribution in [0.4, 0.5) is 0 Å². The van der Waals surface area contributed by atoms with E-state index in [1.165, 1.54) is 16.9 Å². The van der Waals surface area contributed by atoms with Crippen LogP contribution in [0, 0.1) is 5.92 Å². The molecule has 3 heteroatoms. The minimum absolute atomic E-state index is 0.583. The van der Waals surface area contributed by atoms with E-state index in [9.17, 15) is 0 Å². The number of hydrogen-bond acceptors (Lipinski definition) is 3. The van der Waals surface area contributed by atoms with Gasteiger partial charge in [-0.2, -0.15) is 0 Å². The van der Waals surface area contributed by atoms with Crippen molar-refractivity contribution in [2.75, 3.05) is 27.2 Å². The number of likely N-dealkylation sites (N-methyl/N-ethyl adjacent to an activating group) is 1. The van der Waals surface area contributed by atoms with Gasteiger partial charge in [0.2, 0.25) is 0 Å². The summed E-state index contributed by atoms with van der Waals surface area (Å²) in [5.74, 6) is 0.677. The fourth-order valence-corrected chi connectivity index (χ4v) is 3.82. The smallest absolute Gasteiger partial charge is 0.0260 e. The molecule has 2 unspecified atom stereocenters. The first-order valence-electron chi connectivity index (χ1n) is 7.19. The van der Waals surface area contributed by atoms with Crippen LogP contribution in [0.1, 0.15) is 19.4 Å². The molecule has 1 aliphatic heterocycles. The van der Waals surface area contributed by atoms with Gasteiger partial charge in [-0.15, -0.1) is 11.8 Å². The Morgan fingerprint density at radius 1 is 1.32 bits per heavy atom. The second-order valence-corrected chi connectivity index (χ2v) is 7.41. The van der Waals surface area contributed by atoms with Crippen molar-refractivity contribution in [1.29, 1.82) is 0 Å². The molecule has 1 aliphatic rings. The van der Waals surface area contributed by atoms with Crippen molar-refractivity contribution < 1.29 is 0 Å². The summed E-state index contributed by atoms with van der Waals surface area (Å²) < 4.78 is 0. The van der Waals surface area contributed by atoms with E-state index in [2.05, 4.69) is 62.4 Å². The summed E-state index contributed by atoms with van der Waals surface area (Å²) in [7, 11) is 4.30. The van der Waals surface area contributed by atoms with E-state index >= 15 is 0 Å². The van der Waals surface area contributed by atoms with Crippen LogP contribution in [0.5, 0.6) is 0 Å². The molecule has 0 radical (unpaired) electrons. The molecule has 0 fully saturated rings. The lowest BCUT2D eigenvalue weighted by Crippen LogP contribution is -2.44. The lowest BCUT2D eigenvalue weighted by Gasteiger charge is -2.27. The third-order valence-electron chi connectivity index (χ3n) is 3.69. The highest BCUT2D eigenvalue weighted by Crippen LogP contribution is 2.36. The standard InChI is InChI=1S/C16H26N2S/c1-12(2)15(11-18(3)4)17-10-14-9-13-7-5-6-8-16(13)19-14/h5-8,12,14-15,17H,9-11H2,1-4H3. The Kier molecular flexibility index (Phi) is 5.31. The summed E-state index contributed by atoms with van der Waals surface area (Å²) >= 11 is 2.03. The van der Waals surface area contributed by atoms with Gasteiger partial charge in [0.25, 0.3) is 0 Å². The molecule has 0 aliphatic carbocycles. The molecule has 106 valence electrons. The van der Waals surface area contributed by atoms with Crippen LogP contribution in [0.2, 0.25) is 0 Å². The maximum absolute atomic E-state index is 3.76. The number of thioether (sulfide) groups is 1. The fourth-order valence-electron chi connectivity index (χ4n) is 2.56. The van der Waals surface area contributed by atoms with Crippen LogP contribution >= 0.6 is 11.8 Å². The molecule has 1 heterocycles. The first-order valence-corrected chi connectivity index (χ1v) is 8.07. The van der Waals surface area contributed by atoms with Crippen LogP contribution in [0.3, 0.4) is 0 Å². The quantitative estimate of drug-likeness (QED) is 0.861. The number of benzene rings is 1. The number of nitrogens with zero attached hydrogens (tertiary/aromatic N) is 1. The summed E-state index contributed by atoms with van der Waals surface area (Å²) in [4.78, 5) is 3.75. The number of hydrogen-bond donors (Lipinski definition) is 1. The van der Waals surface area contributed by atoms with Crippen LogP contribution in [-0.2, 0) is 6.42 Å². The minimum Gasteiger partial charge on any atom is -0.311 e. The minimum atomic E-state index is 0.583. The SMILES string of the molecule is CC(C)C(CN(C)C)NCC1Cc2ccccc2S1. The molecule has 19 heavy (non-hydrogen) atoms. The van der Waals surface area contributed by atoms with E-state index in [0.29, 0.717) is 17.2 Å². The zero-order valence-corrected chi connectivity index (χ0v) is 13.3. The van der Waals surface area contributed by atoms with E-state index in [-0.39, 0.29) is 0 Å². The average molecular weight is 278 g/mol. The average Bonchev–Trinajstić information content (AvgIpc) is 2.76. The Morgan fingerprint density at radius 3 is 2.68 bits per heavy atom. The Balaban J connectivity index is 1.83. The Bertz CT molecular complexity index is 378. The highest BCUT2D eigenvalue weighted by molar-refractivity contribution is 8.00. The molecule has 2 nitrogen and oxygen atoms in total. The molecule has 0 bridgehead atoms. The van der Waals surface area contributed by atoms with Crippen molar-refractivity contribution in [3.63, 3.8) is 0 Å². The lowest BCUT2D eigenvalue weighted by molar-refractivity contribution is 0.290. The zero-order valence-electron chi connectivity index (χ0n) is 12.5. The second-order valence-electron chi connectivity index (χ2n) is 6.07. The number of rotatable bonds is 6. The Labute approximate surface area is 122 Å². The molecule has 2 atom stereocenters. The highest BCUT2D eigenvalue weighted by Gasteiger charge is 2.23. The topological polar surface area (TPSA) is 15.3 Å². The van der Waals surface area contributed by atoms with E-state index in [0.717, 1.165) is 13.1 Å². The summed E-state index contributed by atoms with van der Waals surface area (Å²) in [6.07, 6.45) is 1.21. The first kappa shape index (κ1) is 14.9. The molecule has 0 spiro atoms. The van der Waals surface area contributed by atoms with Gasteiger partial charge in [0.15, 0.2) is 0 Å². The fraction of sp³-hybridized carbons (Fsp3) is 0.625. The van der Waals surface area contributed by atoms with Crippen molar-refractivity contribution in [2.24, 2.45) is 5.92 Å². The van der Waals surface area contributed by atoms with E-state index in [1.54, 1.807) is 0 Å². The Hall–Kier alpha value is -0.510. The van der Waals surface area contributed by atoms with Gasteiger partial charge in [0.1, 0.15) is 0 Å². The summed E-state index contributed by atoms with van der Waals surface area (Å²) in [5.41, 5.74) is 1.52. The van der Waals surface area contributed by atoms with Crippen LogP contribution in [0.15, 0.2) is 29.2 Å². The predicted octanol–water partition coefficient (Wildman–Crippen LogP) is 2.88. The second kappa shape index (κ2) is 6.78. The van der Waals surface area contributed by atoms with Gasteiger partial charge in [-0.25, -0.2) is 0 Å². The van der Waals surface area contributed by atoms with E-state index in [4.69, 9.17) is 0 Å². The molecule has 1 N–H and O–H groups in total. The molecular formula is C16H26N2S. The Morgan fingerprint density at radius 2 is 2.05 bits per heavy atom. The highest BCUT2D eigenvalue weighted by atomic mass is 32.2. The summed E-state index contributed by atoms with van der Waals surface area (Å²) in [6, 6.07) is 9.39. The maximum atomic E-state index is 3.76. The molecular weight excluding hydrogens is 252 g/mol. The molecule has 0 saturated heterocycles. The van der Waals surface area contributed by atoms with Gasteiger partial charge in [-0.05, 0) is 38.1 Å². The van der Waals surface area contributed by atoms with Gasteiger partial charge in [-0.3, -0.25) is 0 Å². The number of fused-ring (bicyclic) bond motifs is 1. The van der Waals surface area contributed by atoms with Crippen LogP contribution < -0.4 is 5.32 Å². The van der Waals surface area contributed by atoms with Gasteiger partial charge < -0.3 is 10.2 Å². The van der Waals surface area contributed by atoms with Gasteiger partial charge in [-0.1, -0.05) is 32.0 Å². The first-order chi connectivity index (χ1) is 9.06. The van der Waals surface area contributed by atoms with Crippen molar-refractivity contribution in [3.8, 4) is 0 Å². The van der Waals surface area contributed by atoms with Crippen molar-refractivity contribution in [1.82, 2.24) is 10.2 Å². The van der Waals surface area contributed by atoms with Gasteiger partial charge in [0.05, 0.1) is 0 Å². The molecule has 0 aromatic heterocycles.